The number of nitrogens with zero attached hydrogens (tertiary/aromatic N) is 3. The van der Waals surface area contributed by atoms with Crippen LogP contribution in [0.15, 0.2) is 58.1 Å². The Morgan fingerprint density at radius 3 is 2.40 bits per heavy atom. The highest BCUT2D eigenvalue weighted by atomic mass is 19.1. The molecule has 0 radical (unpaired) electrons. The minimum atomic E-state index is -1.47. The van der Waals surface area contributed by atoms with Crippen LogP contribution < -0.4 is 32.5 Å². The Balaban J connectivity index is 1.44. The molecule has 3 aromatic rings. The van der Waals surface area contributed by atoms with E-state index in [1.54, 1.807) is 43.3 Å². The van der Waals surface area contributed by atoms with Gasteiger partial charge in [0.1, 0.15) is 29.6 Å². The molecule has 0 bridgehead atoms. The van der Waals surface area contributed by atoms with Crippen LogP contribution >= 0.6 is 0 Å². The number of amides is 5. The summed E-state index contributed by atoms with van der Waals surface area (Å²) in [5, 5.41) is 20.5. The average molecular weight is 762 g/mol. The molecule has 1 aromatic heterocycles. The Bertz CT molecular complexity index is 2130. The van der Waals surface area contributed by atoms with E-state index in [4.69, 9.17) is 0 Å². The number of carbonyl (C=O) groups excluding carboxylic acids is 5. The molecule has 0 spiro atoms. The predicted molar refractivity (Wildman–Crippen MR) is 196 cm³/mol. The van der Waals surface area contributed by atoms with Gasteiger partial charge in [0, 0.05) is 51.3 Å². The van der Waals surface area contributed by atoms with Crippen LogP contribution in [0.1, 0.15) is 76.1 Å². The number of carboxylic acids is 1. The normalized spacial score (nSPS) is 21.0. The molecule has 17 heteroatoms. The fraction of sp³-hybridized carbons (Fsp3) is 0.421. The van der Waals surface area contributed by atoms with Crippen LogP contribution in [0.25, 0.3) is 0 Å². The molecule has 0 unspecified atom stereocenters. The Hall–Kier alpha value is -6.13. The molecule has 0 aliphatic carbocycles. The van der Waals surface area contributed by atoms with Gasteiger partial charge in [0.05, 0.1) is 0 Å². The second-order valence-corrected chi connectivity index (χ2v) is 13.9. The maximum Gasteiger partial charge on any atom is 0.331 e. The lowest BCUT2D eigenvalue weighted by molar-refractivity contribution is -0.144. The number of carboxylic acid groups (broad SMARTS) is 1. The number of aromatic nitrogens is 2. The van der Waals surface area contributed by atoms with E-state index in [1.165, 1.54) is 25.1 Å². The molecule has 2 aromatic carbocycles. The summed E-state index contributed by atoms with van der Waals surface area (Å²) in [4.78, 5) is 106. The lowest BCUT2D eigenvalue weighted by atomic mass is 9.98. The number of halogens is 1. The quantitative estimate of drug-likeness (QED) is 0.223. The molecular weight excluding hydrogens is 717 g/mol. The van der Waals surface area contributed by atoms with E-state index >= 15 is 0 Å². The number of aryl methyl sites for hydroxylation is 1. The lowest BCUT2D eigenvalue weighted by Crippen LogP contribution is -2.55. The molecule has 16 nitrogen and oxygen atoms in total. The molecule has 3 heterocycles. The summed E-state index contributed by atoms with van der Waals surface area (Å²) in [6.07, 6.45) is 0.450. The Kier molecular flexibility index (Phi) is 12.6. The molecular formula is C38H44FN7O9. The Morgan fingerprint density at radius 2 is 1.67 bits per heavy atom. The number of hydrogen-bond acceptors (Lipinski definition) is 8. The molecule has 0 saturated carbocycles. The van der Waals surface area contributed by atoms with Crippen molar-refractivity contribution in [3.05, 3.63) is 103 Å². The van der Waals surface area contributed by atoms with Gasteiger partial charge < -0.3 is 31.3 Å². The van der Waals surface area contributed by atoms with Crippen molar-refractivity contribution < 1.29 is 38.3 Å². The van der Waals surface area contributed by atoms with Crippen molar-refractivity contribution in [1.29, 1.82) is 0 Å². The highest BCUT2D eigenvalue weighted by Crippen LogP contribution is 2.23. The van der Waals surface area contributed by atoms with Gasteiger partial charge in [-0.2, -0.15) is 0 Å². The fourth-order valence-electron chi connectivity index (χ4n) is 6.79. The van der Waals surface area contributed by atoms with Crippen molar-refractivity contribution in [3.63, 3.8) is 0 Å². The molecule has 5 N–H and O–H groups in total. The third-order valence-electron chi connectivity index (χ3n) is 9.99. The Morgan fingerprint density at radius 1 is 0.927 bits per heavy atom. The molecule has 2 saturated heterocycles. The second-order valence-electron chi connectivity index (χ2n) is 13.9. The smallest absolute Gasteiger partial charge is 0.331 e. The standard InChI is InChI=1S/C38H44FN7O9/c1-21-11-12-22(17-26(21)39)16-23-8-4-5-9-25(23)33(49)41-24-18-30-35(51)43-28(37(53)54)13-14-31(47)40-15-7-6-10-27(36(52)46(30)20-24)42-34(50)29-19-32(48)45(3)38(55)44(29)2/h4-5,8-9,11-12,17,19,24,27-28,30H,6-7,10,13-16,18,20H2,1-3H3,(H,40,47)(H,41,49)(H,42,50)(H,43,51)(H,53,54)/t24-,27+,28+,30+/m1/s1. The number of benzene rings is 2. The van der Waals surface area contributed by atoms with Gasteiger partial charge >= 0.3 is 11.7 Å². The van der Waals surface area contributed by atoms with Crippen molar-refractivity contribution in [3.8, 4) is 0 Å². The van der Waals surface area contributed by atoms with Crippen LogP contribution in [0, 0.1) is 12.7 Å². The predicted octanol–water partition coefficient (Wildman–Crippen LogP) is 0.270. The van der Waals surface area contributed by atoms with Crippen molar-refractivity contribution in [1.82, 2.24) is 35.3 Å². The minimum Gasteiger partial charge on any atom is -0.480 e. The van der Waals surface area contributed by atoms with E-state index in [-0.39, 0.29) is 62.3 Å². The van der Waals surface area contributed by atoms with E-state index in [9.17, 15) is 47.9 Å². The molecule has 2 aliphatic rings. The topological polar surface area (TPSA) is 218 Å². The maximum atomic E-state index is 14.4. The zero-order chi connectivity index (χ0) is 40.0. The third-order valence-corrected chi connectivity index (χ3v) is 9.99. The van der Waals surface area contributed by atoms with Gasteiger partial charge in [-0.25, -0.2) is 14.0 Å². The lowest BCUT2D eigenvalue weighted by Gasteiger charge is -2.29. The number of carbonyl (C=O) groups is 6. The van der Waals surface area contributed by atoms with Crippen molar-refractivity contribution in [2.24, 2.45) is 14.1 Å². The van der Waals surface area contributed by atoms with Gasteiger partial charge in [-0.1, -0.05) is 30.3 Å². The van der Waals surface area contributed by atoms with Crippen LogP contribution in [-0.2, 0) is 39.7 Å². The number of nitrogens with one attached hydrogen (secondary N) is 4. The Labute approximate surface area is 315 Å². The highest BCUT2D eigenvalue weighted by Gasteiger charge is 2.43. The van der Waals surface area contributed by atoms with Gasteiger partial charge in [-0.3, -0.25) is 37.9 Å². The van der Waals surface area contributed by atoms with Gasteiger partial charge in [-0.15, -0.1) is 0 Å². The van der Waals surface area contributed by atoms with E-state index < -0.39 is 70.9 Å². The number of rotatable bonds is 7. The largest absolute Gasteiger partial charge is 0.480 e. The minimum absolute atomic E-state index is 0.0336. The summed E-state index contributed by atoms with van der Waals surface area (Å²) in [6.45, 7) is 1.65. The maximum absolute atomic E-state index is 14.4. The molecule has 55 heavy (non-hydrogen) atoms. The van der Waals surface area contributed by atoms with Gasteiger partial charge in [-0.05, 0) is 74.3 Å². The fourth-order valence-corrected chi connectivity index (χ4v) is 6.79. The zero-order valence-corrected chi connectivity index (χ0v) is 30.7. The van der Waals surface area contributed by atoms with Crippen LogP contribution in [0.2, 0.25) is 0 Å². The van der Waals surface area contributed by atoms with E-state index in [0.717, 1.165) is 15.2 Å². The van der Waals surface area contributed by atoms with Gasteiger partial charge in [0.15, 0.2) is 0 Å². The first-order valence-electron chi connectivity index (χ1n) is 18.0. The summed E-state index contributed by atoms with van der Waals surface area (Å²) < 4.78 is 16.1. The van der Waals surface area contributed by atoms with Crippen LogP contribution in [-0.4, -0.2) is 91.9 Å². The van der Waals surface area contributed by atoms with Crippen LogP contribution in [0.4, 0.5) is 4.39 Å². The second kappa shape index (κ2) is 17.3. The first kappa shape index (κ1) is 40.1. The first-order chi connectivity index (χ1) is 26.1. The number of aliphatic carboxylic acids is 1. The molecule has 292 valence electrons. The number of hydrogen-bond donors (Lipinski definition) is 5. The van der Waals surface area contributed by atoms with Crippen LogP contribution in [0.5, 0.6) is 0 Å². The first-order valence-corrected chi connectivity index (χ1v) is 18.0. The average Bonchev–Trinajstić information content (AvgIpc) is 3.57. The summed E-state index contributed by atoms with van der Waals surface area (Å²) in [5.74, 6) is -5.17. The molecule has 5 rings (SSSR count). The van der Waals surface area contributed by atoms with E-state index in [1.807, 2.05) is 0 Å². The summed E-state index contributed by atoms with van der Waals surface area (Å²) in [5.41, 5.74) is 0.206. The molecule has 4 atom stereocenters. The summed E-state index contributed by atoms with van der Waals surface area (Å²) in [6, 6.07) is 7.67. The number of fused-ring (bicyclic) bond motifs is 1. The van der Waals surface area contributed by atoms with Gasteiger partial charge in [0.2, 0.25) is 17.7 Å². The monoisotopic (exact) mass is 761 g/mol. The third kappa shape index (κ3) is 9.52. The SMILES string of the molecule is Cc1ccc(Cc2ccccc2C(=O)N[C@@H]2C[C@H]3C(=O)N[C@H](C(=O)O)CCC(=O)NCCCC[C@H](NC(=O)c4cc(=O)n(C)c(=O)n4C)C(=O)N3C2)cc1F. The van der Waals surface area contributed by atoms with Crippen LogP contribution in [0.3, 0.4) is 0 Å². The molecule has 2 aliphatic heterocycles. The van der Waals surface area contributed by atoms with Crippen molar-refractivity contribution >= 4 is 35.5 Å². The molecule has 5 amide bonds. The summed E-state index contributed by atoms with van der Waals surface area (Å²) in [7, 11) is 2.54. The zero-order valence-electron chi connectivity index (χ0n) is 30.7. The van der Waals surface area contributed by atoms with Crippen molar-refractivity contribution in [2.75, 3.05) is 13.1 Å². The van der Waals surface area contributed by atoms with Crippen molar-refractivity contribution in [2.45, 2.75) is 76.0 Å². The van der Waals surface area contributed by atoms with E-state index in [0.29, 0.717) is 29.5 Å². The van der Waals surface area contributed by atoms with E-state index in [2.05, 4.69) is 21.3 Å². The summed E-state index contributed by atoms with van der Waals surface area (Å²) >= 11 is 0. The van der Waals surface area contributed by atoms with Gasteiger partial charge in [0.25, 0.3) is 17.4 Å². The highest BCUT2D eigenvalue weighted by molar-refractivity contribution is 5.99. The molecule has 2 fully saturated rings.